The van der Waals surface area contributed by atoms with Crippen molar-refractivity contribution < 1.29 is 23.9 Å². The Hall–Kier alpha value is -3.11. The van der Waals surface area contributed by atoms with Crippen molar-refractivity contribution in [3.05, 3.63) is 62.5 Å². The molecule has 8 nitrogen and oxygen atoms in total. The first kappa shape index (κ1) is 23.6. The Morgan fingerprint density at radius 3 is 2.62 bits per heavy atom. The SMILES string of the molecule is CCOc1cc(/C=C2\SC(=S)NC2=O)cc([N+](=O)[O-])c1OCCCOc1cccc(C)c1. The molecule has 0 spiro atoms. The fourth-order valence-corrected chi connectivity index (χ4v) is 3.98. The van der Waals surface area contributed by atoms with Crippen LogP contribution in [-0.4, -0.2) is 35.0 Å². The lowest BCUT2D eigenvalue weighted by molar-refractivity contribution is -0.386. The zero-order valence-corrected chi connectivity index (χ0v) is 19.2. The highest BCUT2D eigenvalue weighted by Gasteiger charge is 2.25. The van der Waals surface area contributed by atoms with E-state index in [0.29, 0.717) is 34.4 Å². The Bertz CT molecular complexity index is 1070. The van der Waals surface area contributed by atoms with Crippen molar-refractivity contribution >= 4 is 46.0 Å². The summed E-state index contributed by atoms with van der Waals surface area (Å²) in [5.41, 5.74) is 1.30. The molecule has 1 amide bonds. The Balaban J connectivity index is 1.73. The molecule has 10 heteroatoms. The normalized spacial score (nSPS) is 14.4. The van der Waals surface area contributed by atoms with Gasteiger partial charge in [0.15, 0.2) is 5.75 Å². The number of aryl methyl sites for hydroxylation is 1. The minimum Gasteiger partial charge on any atom is -0.493 e. The zero-order chi connectivity index (χ0) is 23.1. The lowest BCUT2D eigenvalue weighted by Gasteiger charge is -2.13. The zero-order valence-electron chi connectivity index (χ0n) is 17.6. The van der Waals surface area contributed by atoms with Gasteiger partial charge < -0.3 is 19.5 Å². The summed E-state index contributed by atoms with van der Waals surface area (Å²) in [5.74, 6) is 0.707. The number of nitro groups is 1. The van der Waals surface area contributed by atoms with Crippen molar-refractivity contribution in [1.29, 1.82) is 0 Å². The fourth-order valence-electron chi connectivity index (χ4n) is 2.94. The second-order valence-corrected chi connectivity index (χ2v) is 8.50. The van der Waals surface area contributed by atoms with Crippen LogP contribution in [-0.2, 0) is 4.79 Å². The molecule has 0 radical (unpaired) electrons. The minimum absolute atomic E-state index is 0.0496. The van der Waals surface area contributed by atoms with E-state index in [2.05, 4.69) is 5.32 Å². The van der Waals surface area contributed by atoms with Crippen LogP contribution in [0.15, 0.2) is 41.3 Å². The predicted molar refractivity (Wildman–Crippen MR) is 127 cm³/mol. The molecule has 1 fully saturated rings. The first-order chi connectivity index (χ1) is 15.4. The van der Waals surface area contributed by atoms with Gasteiger partial charge in [0.25, 0.3) is 5.91 Å². The molecule has 2 aromatic rings. The molecule has 0 aromatic heterocycles. The fraction of sp³-hybridized carbons (Fsp3) is 0.273. The summed E-state index contributed by atoms with van der Waals surface area (Å²) >= 11 is 6.08. The maximum absolute atomic E-state index is 11.9. The van der Waals surface area contributed by atoms with Crippen molar-refractivity contribution in [2.24, 2.45) is 0 Å². The molecule has 1 heterocycles. The summed E-state index contributed by atoms with van der Waals surface area (Å²) in [6.07, 6.45) is 2.06. The first-order valence-electron chi connectivity index (χ1n) is 9.89. The van der Waals surface area contributed by atoms with E-state index in [0.717, 1.165) is 23.1 Å². The van der Waals surface area contributed by atoms with E-state index in [1.165, 1.54) is 12.1 Å². The number of ether oxygens (including phenoxy) is 3. The minimum atomic E-state index is -0.532. The highest BCUT2D eigenvalue weighted by molar-refractivity contribution is 8.26. The van der Waals surface area contributed by atoms with Gasteiger partial charge in [-0.1, -0.05) is 36.1 Å². The number of amides is 1. The molecule has 2 aromatic carbocycles. The van der Waals surface area contributed by atoms with Gasteiger partial charge in [0.2, 0.25) is 5.75 Å². The summed E-state index contributed by atoms with van der Waals surface area (Å²) in [6, 6.07) is 10.7. The van der Waals surface area contributed by atoms with Gasteiger partial charge in [-0.2, -0.15) is 0 Å². The number of rotatable bonds is 10. The summed E-state index contributed by atoms with van der Waals surface area (Å²) in [4.78, 5) is 23.5. The molecule has 32 heavy (non-hydrogen) atoms. The van der Waals surface area contributed by atoms with Crippen LogP contribution in [0.3, 0.4) is 0 Å². The van der Waals surface area contributed by atoms with Gasteiger partial charge in [-0.15, -0.1) is 0 Å². The number of carbonyl (C=O) groups is 1. The Kier molecular flexibility index (Phi) is 8.07. The summed E-state index contributed by atoms with van der Waals surface area (Å²) in [5, 5.41) is 14.2. The second-order valence-electron chi connectivity index (χ2n) is 6.78. The molecule has 0 bridgehead atoms. The number of benzene rings is 2. The molecule has 0 saturated carbocycles. The number of nitrogens with zero attached hydrogens (tertiary/aromatic N) is 1. The van der Waals surface area contributed by atoms with Gasteiger partial charge in [-0.3, -0.25) is 14.9 Å². The van der Waals surface area contributed by atoms with E-state index >= 15 is 0 Å². The van der Waals surface area contributed by atoms with Crippen LogP contribution < -0.4 is 19.5 Å². The van der Waals surface area contributed by atoms with E-state index < -0.39 is 4.92 Å². The summed E-state index contributed by atoms with van der Waals surface area (Å²) in [6.45, 7) is 4.66. The molecule has 168 valence electrons. The third kappa shape index (κ3) is 6.21. The number of hydrogen-bond donors (Lipinski definition) is 1. The van der Waals surface area contributed by atoms with E-state index in [-0.39, 0.29) is 29.7 Å². The van der Waals surface area contributed by atoms with Gasteiger partial charge in [-0.25, -0.2) is 0 Å². The number of carbonyl (C=O) groups excluding carboxylic acids is 1. The predicted octanol–water partition coefficient (Wildman–Crippen LogP) is 4.64. The second kappa shape index (κ2) is 11.0. The van der Waals surface area contributed by atoms with Crippen molar-refractivity contribution in [3.8, 4) is 17.2 Å². The smallest absolute Gasteiger partial charge is 0.315 e. The Morgan fingerprint density at radius 1 is 1.19 bits per heavy atom. The third-order valence-electron chi connectivity index (χ3n) is 4.29. The molecule has 0 unspecified atom stereocenters. The first-order valence-corrected chi connectivity index (χ1v) is 11.1. The number of nitro benzene ring substituents is 1. The molecule has 1 saturated heterocycles. The summed E-state index contributed by atoms with van der Waals surface area (Å²) < 4.78 is 17.4. The third-order valence-corrected chi connectivity index (χ3v) is 5.45. The van der Waals surface area contributed by atoms with E-state index in [4.69, 9.17) is 26.4 Å². The standard InChI is InChI=1S/C22H22N2O6S2/c1-3-28-18-12-15(13-19-21(25)23-22(31)32-19)11-17(24(26)27)20(18)30-9-5-8-29-16-7-4-6-14(2)10-16/h4,6-7,10-13H,3,5,8-9H2,1-2H3,(H,23,25,31)/b19-13-. The van der Waals surface area contributed by atoms with Crippen LogP contribution in [0.2, 0.25) is 0 Å². The van der Waals surface area contributed by atoms with Crippen LogP contribution in [0.1, 0.15) is 24.5 Å². The van der Waals surface area contributed by atoms with Crippen molar-refractivity contribution in [2.75, 3.05) is 19.8 Å². The topological polar surface area (TPSA) is 99.9 Å². The van der Waals surface area contributed by atoms with E-state index in [9.17, 15) is 14.9 Å². The van der Waals surface area contributed by atoms with Crippen LogP contribution in [0.5, 0.6) is 17.2 Å². The van der Waals surface area contributed by atoms with Crippen LogP contribution >= 0.6 is 24.0 Å². The molecular weight excluding hydrogens is 452 g/mol. The molecule has 0 atom stereocenters. The van der Waals surface area contributed by atoms with E-state index in [1.54, 1.807) is 13.0 Å². The molecule has 1 aliphatic rings. The van der Waals surface area contributed by atoms with Crippen molar-refractivity contribution in [3.63, 3.8) is 0 Å². The van der Waals surface area contributed by atoms with Crippen LogP contribution in [0.25, 0.3) is 6.08 Å². The van der Waals surface area contributed by atoms with E-state index in [1.807, 2.05) is 31.2 Å². The van der Waals surface area contributed by atoms with Gasteiger partial charge in [0, 0.05) is 12.5 Å². The Labute approximate surface area is 195 Å². The quantitative estimate of drug-likeness (QED) is 0.175. The maximum Gasteiger partial charge on any atom is 0.315 e. The lowest BCUT2D eigenvalue weighted by Crippen LogP contribution is -2.17. The van der Waals surface area contributed by atoms with Gasteiger partial charge in [-0.05, 0) is 49.2 Å². The monoisotopic (exact) mass is 474 g/mol. The number of thiocarbonyl (C=S) groups is 1. The van der Waals surface area contributed by atoms with Crippen molar-refractivity contribution in [2.45, 2.75) is 20.3 Å². The largest absolute Gasteiger partial charge is 0.493 e. The average molecular weight is 475 g/mol. The molecule has 3 rings (SSSR count). The number of thioether (sulfide) groups is 1. The summed E-state index contributed by atoms with van der Waals surface area (Å²) in [7, 11) is 0. The maximum atomic E-state index is 11.9. The van der Waals surface area contributed by atoms with Gasteiger partial charge in [0.1, 0.15) is 10.1 Å². The molecule has 1 N–H and O–H groups in total. The van der Waals surface area contributed by atoms with Crippen molar-refractivity contribution in [1.82, 2.24) is 5.32 Å². The number of nitrogens with one attached hydrogen (secondary N) is 1. The molecular formula is C22H22N2O6S2. The Morgan fingerprint density at radius 2 is 1.97 bits per heavy atom. The highest BCUT2D eigenvalue weighted by Crippen LogP contribution is 2.40. The molecule has 1 aliphatic heterocycles. The number of hydrogen-bond acceptors (Lipinski definition) is 8. The lowest BCUT2D eigenvalue weighted by atomic mass is 10.1. The molecule has 0 aliphatic carbocycles. The van der Waals surface area contributed by atoms with Gasteiger partial charge in [0.05, 0.1) is 29.6 Å². The highest BCUT2D eigenvalue weighted by atomic mass is 32.2. The van der Waals surface area contributed by atoms with Crippen LogP contribution in [0, 0.1) is 17.0 Å². The van der Waals surface area contributed by atoms with Gasteiger partial charge >= 0.3 is 5.69 Å². The van der Waals surface area contributed by atoms with Crippen LogP contribution in [0.4, 0.5) is 5.69 Å². The average Bonchev–Trinajstić information content (AvgIpc) is 3.05.